The summed E-state index contributed by atoms with van der Waals surface area (Å²) >= 11 is 0. The number of amides is 1. The monoisotopic (exact) mass is 279 g/mol. The van der Waals surface area contributed by atoms with E-state index in [-0.39, 0.29) is 18.0 Å². The van der Waals surface area contributed by atoms with Gasteiger partial charge in [-0.3, -0.25) is 25.1 Å². The molecule has 0 aliphatic carbocycles. The second kappa shape index (κ2) is 5.32. The highest BCUT2D eigenvalue weighted by molar-refractivity contribution is 5.91. The second-order valence-electron chi connectivity index (χ2n) is 3.74. The maximum atomic E-state index is 11.8. The van der Waals surface area contributed by atoms with Gasteiger partial charge in [-0.15, -0.1) is 0 Å². The van der Waals surface area contributed by atoms with Crippen molar-refractivity contribution in [3.63, 3.8) is 0 Å². The molecule has 20 heavy (non-hydrogen) atoms. The molecule has 1 amide bonds. The Kier molecular flexibility index (Phi) is 3.57. The van der Waals surface area contributed by atoms with Gasteiger partial charge in [-0.1, -0.05) is 5.16 Å². The molecule has 0 spiro atoms. The van der Waals surface area contributed by atoms with Gasteiger partial charge in [-0.05, 0) is 6.07 Å². The van der Waals surface area contributed by atoms with Crippen LogP contribution in [-0.2, 0) is 6.54 Å². The van der Waals surface area contributed by atoms with Gasteiger partial charge in [0.1, 0.15) is 0 Å². The van der Waals surface area contributed by atoms with E-state index in [0.29, 0.717) is 0 Å². The molecular formula is C10H9N5O5. The average molecular weight is 279 g/mol. The molecule has 0 aromatic carbocycles. The standard InChI is InChI=1S/C10H9N5O5/c11-12-9(16)7-4-6(20-13-7)5-14-3-1-2-8(10(14)17)15(18)19/h1-4H,5,11H2,(H,12,16). The van der Waals surface area contributed by atoms with E-state index in [1.807, 2.05) is 5.43 Å². The number of nitrogens with one attached hydrogen (secondary N) is 1. The van der Waals surface area contributed by atoms with Crippen LogP contribution in [0.15, 0.2) is 33.7 Å². The first-order valence-corrected chi connectivity index (χ1v) is 5.33. The van der Waals surface area contributed by atoms with Crippen LogP contribution in [0.3, 0.4) is 0 Å². The van der Waals surface area contributed by atoms with E-state index < -0.39 is 22.1 Å². The normalized spacial score (nSPS) is 10.2. The maximum absolute atomic E-state index is 11.8. The SMILES string of the molecule is NNC(=O)c1cc(Cn2cccc([N+](=O)[O-])c2=O)on1. The van der Waals surface area contributed by atoms with E-state index in [1.54, 1.807) is 0 Å². The van der Waals surface area contributed by atoms with Crippen molar-refractivity contribution in [3.8, 4) is 0 Å². The Morgan fingerprint density at radius 1 is 1.60 bits per heavy atom. The Labute approximate surface area is 110 Å². The number of carbonyl (C=O) groups is 1. The molecule has 0 bridgehead atoms. The predicted molar refractivity (Wildman–Crippen MR) is 64.6 cm³/mol. The molecule has 0 aliphatic rings. The fourth-order valence-corrected chi connectivity index (χ4v) is 1.52. The molecule has 3 N–H and O–H groups in total. The van der Waals surface area contributed by atoms with E-state index in [2.05, 4.69) is 5.16 Å². The van der Waals surface area contributed by atoms with Crippen molar-refractivity contribution in [2.24, 2.45) is 5.84 Å². The van der Waals surface area contributed by atoms with Crippen molar-refractivity contribution in [1.29, 1.82) is 0 Å². The summed E-state index contributed by atoms with van der Waals surface area (Å²) in [6.07, 6.45) is 1.36. The summed E-state index contributed by atoms with van der Waals surface area (Å²) in [5.41, 5.74) is 0.492. The summed E-state index contributed by atoms with van der Waals surface area (Å²) in [6.45, 7) is -0.0919. The quantitative estimate of drug-likeness (QED) is 0.328. The first-order chi connectivity index (χ1) is 9.52. The van der Waals surface area contributed by atoms with Crippen LogP contribution in [0.1, 0.15) is 16.2 Å². The van der Waals surface area contributed by atoms with E-state index in [4.69, 9.17) is 10.4 Å². The summed E-state index contributed by atoms with van der Waals surface area (Å²) in [4.78, 5) is 32.8. The molecule has 104 valence electrons. The molecule has 0 saturated heterocycles. The number of nitrogens with zero attached hydrogens (tertiary/aromatic N) is 3. The number of hydrogen-bond acceptors (Lipinski definition) is 7. The minimum absolute atomic E-state index is 0.0546. The molecule has 10 nitrogen and oxygen atoms in total. The molecule has 0 fully saturated rings. The summed E-state index contributed by atoms with van der Waals surface area (Å²) in [5.74, 6) is 4.47. The van der Waals surface area contributed by atoms with Gasteiger partial charge in [0.15, 0.2) is 11.5 Å². The Hall–Kier alpha value is -3.01. The summed E-state index contributed by atoms with van der Waals surface area (Å²) in [5, 5.41) is 14.1. The van der Waals surface area contributed by atoms with E-state index in [0.717, 1.165) is 10.6 Å². The zero-order valence-corrected chi connectivity index (χ0v) is 9.98. The lowest BCUT2D eigenvalue weighted by Crippen LogP contribution is -2.30. The lowest BCUT2D eigenvalue weighted by Gasteiger charge is -2.01. The van der Waals surface area contributed by atoms with Crippen molar-refractivity contribution < 1.29 is 14.2 Å². The van der Waals surface area contributed by atoms with Crippen LogP contribution in [0.5, 0.6) is 0 Å². The first-order valence-electron chi connectivity index (χ1n) is 5.33. The highest BCUT2D eigenvalue weighted by Crippen LogP contribution is 2.07. The van der Waals surface area contributed by atoms with Crippen LogP contribution < -0.4 is 16.8 Å². The third kappa shape index (κ3) is 2.54. The van der Waals surface area contributed by atoms with Crippen molar-refractivity contribution in [2.45, 2.75) is 6.54 Å². The van der Waals surface area contributed by atoms with Crippen molar-refractivity contribution >= 4 is 11.6 Å². The van der Waals surface area contributed by atoms with Crippen LogP contribution in [0.2, 0.25) is 0 Å². The molecule has 2 heterocycles. The lowest BCUT2D eigenvalue weighted by molar-refractivity contribution is -0.386. The molecule has 10 heteroatoms. The van der Waals surface area contributed by atoms with Gasteiger partial charge in [-0.2, -0.15) is 0 Å². The zero-order valence-electron chi connectivity index (χ0n) is 9.98. The largest absolute Gasteiger partial charge is 0.359 e. The lowest BCUT2D eigenvalue weighted by atomic mass is 10.3. The highest BCUT2D eigenvalue weighted by Gasteiger charge is 2.16. The molecule has 0 radical (unpaired) electrons. The number of rotatable bonds is 4. The smallest absolute Gasteiger partial charge is 0.334 e. The third-order valence-electron chi connectivity index (χ3n) is 2.45. The van der Waals surface area contributed by atoms with Gasteiger partial charge in [0.05, 0.1) is 11.5 Å². The number of nitro groups is 1. The Morgan fingerprint density at radius 3 is 3.00 bits per heavy atom. The van der Waals surface area contributed by atoms with Crippen LogP contribution in [-0.4, -0.2) is 20.6 Å². The van der Waals surface area contributed by atoms with Crippen LogP contribution >= 0.6 is 0 Å². The van der Waals surface area contributed by atoms with Crippen LogP contribution in [0.25, 0.3) is 0 Å². The second-order valence-corrected chi connectivity index (χ2v) is 3.74. The molecule has 2 rings (SSSR count). The number of pyridine rings is 1. The number of carbonyl (C=O) groups excluding carboxylic acids is 1. The number of nitrogens with two attached hydrogens (primary N) is 1. The summed E-state index contributed by atoms with van der Waals surface area (Å²) < 4.78 is 5.92. The summed E-state index contributed by atoms with van der Waals surface area (Å²) in [6, 6.07) is 3.75. The number of nitrogen functional groups attached to an aromatic ring is 1. The minimum atomic E-state index is -0.779. The third-order valence-corrected chi connectivity index (χ3v) is 2.45. The van der Waals surface area contributed by atoms with Crippen molar-refractivity contribution in [1.82, 2.24) is 15.1 Å². The van der Waals surface area contributed by atoms with Crippen LogP contribution in [0.4, 0.5) is 5.69 Å². The van der Waals surface area contributed by atoms with Gasteiger partial charge >= 0.3 is 11.2 Å². The Morgan fingerprint density at radius 2 is 2.35 bits per heavy atom. The van der Waals surface area contributed by atoms with Gasteiger partial charge in [0.2, 0.25) is 0 Å². The molecule has 0 saturated carbocycles. The van der Waals surface area contributed by atoms with Gasteiger partial charge < -0.3 is 9.09 Å². The topological polar surface area (TPSA) is 146 Å². The highest BCUT2D eigenvalue weighted by atomic mass is 16.6. The average Bonchev–Trinajstić information content (AvgIpc) is 2.88. The molecule has 0 unspecified atom stereocenters. The van der Waals surface area contributed by atoms with Crippen molar-refractivity contribution in [2.75, 3.05) is 0 Å². The molecule has 0 atom stereocenters. The van der Waals surface area contributed by atoms with E-state index in [1.165, 1.54) is 18.3 Å². The number of aromatic nitrogens is 2. The number of hydrazine groups is 1. The van der Waals surface area contributed by atoms with E-state index >= 15 is 0 Å². The Balaban J connectivity index is 2.29. The molecule has 2 aromatic heterocycles. The molecular weight excluding hydrogens is 270 g/mol. The van der Waals surface area contributed by atoms with Crippen LogP contribution in [0, 0.1) is 10.1 Å². The predicted octanol–water partition coefficient (Wildman–Crippen LogP) is -0.604. The van der Waals surface area contributed by atoms with Gasteiger partial charge in [-0.25, -0.2) is 5.84 Å². The fourth-order valence-electron chi connectivity index (χ4n) is 1.52. The fraction of sp³-hybridized carbons (Fsp3) is 0.100. The molecule has 2 aromatic rings. The van der Waals surface area contributed by atoms with Crippen molar-refractivity contribution in [3.05, 3.63) is 56.3 Å². The van der Waals surface area contributed by atoms with E-state index in [9.17, 15) is 19.7 Å². The number of hydrogen-bond donors (Lipinski definition) is 2. The minimum Gasteiger partial charge on any atom is -0.359 e. The zero-order chi connectivity index (χ0) is 14.7. The maximum Gasteiger partial charge on any atom is 0.334 e. The molecule has 0 aliphatic heterocycles. The Bertz CT molecular complexity index is 719. The van der Waals surface area contributed by atoms with Gasteiger partial charge in [0, 0.05) is 18.3 Å². The summed E-state index contributed by atoms with van der Waals surface area (Å²) in [7, 11) is 0. The first kappa shape index (κ1) is 13.4. The van der Waals surface area contributed by atoms with Gasteiger partial charge in [0.25, 0.3) is 5.91 Å².